The molecular formula is C13H9F4N. The van der Waals surface area contributed by atoms with E-state index in [0.717, 1.165) is 6.07 Å². The van der Waals surface area contributed by atoms with E-state index < -0.39 is 23.1 Å². The minimum Gasteiger partial charge on any atom is -0.204 e. The number of hydrogen-bond donors (Lipinski definition) is 0. The van der Waals surface area contributed by atoms with Crippen LogP contribution in [0.2, 0.25) is 0 Å². The molecule has 0 aliphatic heterocycles. The summed E-state index contributed by atoms with van der Waals surface area (Å²) in [5.74, 6) is -4.55. The second-order valence-corrected chi connectivity index (χ2v) is 3.70. The summed E-state index contributed by atoms with van der Waals surface area (Å²) in [4.78, 5) is 0. The Morgan fingerprint density at radius 3 is 2.17 bits per heavy atom. The van der Waals surface area contributed by atoms with Crippen molar-refractivity contribution in [2.75, 3.05) is 5.12 Å². The standard InChI is InChI=1S/C13H9F4N/c14-10-6-7-11(13(16)12(10)15)18(17)8-9-4-2-1-3-5-9/h1-7H,8H2. The highest BCUT2D eigenvalue weighted by Gasteiger charge is 2.18. The predicted molar refractivity (Wildman–Crippen MR) is 60.0 cm³/mol. The Labute approximate surface area is 101 Å². The van der Waals surface area contributed by atoms with Crippen LogP contribution in [0.4, 0.5) is 23.3 Å². The van der Waals surface area contributed by atoms with E-state index in [-0.39, 0.29) is 11.7 Å². The first-order valence-electron chi connectivity index (χ1n) is 5.20. The van der Waals surface area contributed by atoms with Crippen molar-refractivity contribution < 1.29 is 17.7 Å². The van der Waals surface area contributed by atoms with E-state index in [9.17, 15) is 17.7 Å². The Morgan fingerprint density at radius 2 is 1.50 bits per heavy atom. The van der Waals surface area contributed by atoms with Crippen molar-refractivity contribution >= 4 is 5.69 Å². The topological polar surface area (TPSA) is 3.24 Å². The van der Waals surface area contributed by atoms with Crippen molar-refractivity contribution in [3.8, 4) is 0 Å². The molecule has 0 atom stereocenters. The van der Waals surface area contributed by atoms with Crippen LogP contribution in [0.5, 0.6) is 0 Å². The second kappa shape index (κ2) is 5.08. The monoisotopic (exact) mass is 255 g/mol. The van der Waals surface area contributed by atoms with Crippen LogP contribution in [0.3, 0.4) is 0 Å². The third-order valence-corrected chi connectivity index (χ3v) is 2.44. The Balaban J connectivity index is 2.24. The smallest absolute Gasteiger partial charge is 0.196 e. The fourth-order valence-electron chi connectivity index (χ4n) is 1.53. The van der Waals surface area contributed by atoms with Gasteiger partial charge in [-0.2, -0.15) is 0 Å². The van der Waals surface area contributed by atoms with Gasteiger partial charge < -0.3 is 0 Å². The summed E-state index contributed by atoms with van der Waals surface area (Å²) in [6, 6.07) is 9.98. The summed E-state index contributed by atoms with van der Waals surface area (Å²) < 4.78 is 52.7. The molecule has 0 aliphatic carbocycles. The highest BCUT2D eigenvalue weighted by molar-refractivity contribution is 5.46. The molecule has 0 bridgehead atoms. The molecule has 0 aliphatic rings. The molecule has 0 radical (unpaired) electrons. The van der Waals surface area contributed by atoms with E-state index >= 15 is 0 Å². The SMILES string of the molecule is Fc1ccc(N(F)Cc2ccccc2)c(F)c1F. The summed E-state index contributed by atoms with van der Waals surface area (Å²) in [6.45, 7) is -0.247. The molecule has 0 fully saturated rings. The van der Waals surface area contributed by atoms with Crippen molar-refractivity contribution in [2.45, 2.75) is 6.54 Å². The molecule has 2 rings (SSSR count). The average Bonchev–Trinajstić information content (AvgIpc) is 2.37. The van der Waals surface area contributed by atoms with Gasteiger partial charge in [-0.15, -0.1) is 0 Å². The van der Waals surface area contributed by atoms with Gasteiger partial charge in [0.1, 0.15) is 5.69 Å². The number of anilines is 1. The summed E-state index contributed by atoms with van der Waals surface area (Å²) in [5.41, 5.74) is -0.0399. The Kier molecular flexibility index (Phi) is 3.50. The maximum Gasteiger partial charge on any atom is 0.196 e. The Hall–Kier alpha value is -2.04. The molecule has 2 aromatic carbocycles. The van der Waals surface area contributed by atoms with Gasteiger partial charge in [0.05, 0.1) is 6.54 Å². The lowest BCUT2D eigenvalue weighted by atomic mass is 10.2. The number of nitrogens with zero attached hydrogens (tertiary/aromatic N) is 1. The molecule has 0 amide bonds. The first kappa shape index (κ1) is 12.4. The zero-order valence-electron chi connectivity index (χ0n) is 9.21. The number of benzene rings is 2. The molecule has 0 heterocycles. The van der Waals surface area contributed by atoms with Gasteiger partial charge in [-0.25, -0.2) is 18.3 Å². The fraction of sp³-hybridized carbons (Fsp3) is 0.0769. The molecule has 0 saturated carbocycles. The largest absolute Gasteiger partial charge is 0.204 e. The number of rotatable bonds is 3. The van der Waals surface area contributed by atoms with Gasteiger partial charge >= 0.3 is 0 Å². The van der Waals surface area contributed by atoms with Crippen LogP contribution in [-0.4, -0.2) is 0 Å². The summed E-state index contributed by atoms with van der Waals surface area (Å²) in [7, 11) is 0. The van der Waals surface area contributed by atoms with E-state index in [2.05, 4.69) is 0 Å². The molecule has 0 spiro atoms. The van der Waals surface area contributed by atoms with Gasteiger partial charge in [0.25, 0.3) is 0 Å². The normalized spacial score (nSPS) is 10.4. The average molecular weight is 255 g/mol. The molecule has 2 aromatic rings. The van der Waals surface area contributed by atoms with Crippen LogP contribution in [0.1, 0.15) is 5.56 Å². The van der Waals surface area contributed by atoms with Crippen molar-refractivity contribution in [2.24, 2.45) is 0 Å². The molecule has 0 saturated heterocycles. The van der Waals surface area contributed by atoms with Crippen LogP contribution in [-0.2, 0) is 6.54 Å². The lowest BCUT2D eigenvalue weighted by Crippen LogP contribution is -2.13. The first-order valence-corrected chi connectivity index (χ1v) is 5.20. The zero-order valence-corrected chi connectivity index (χ0v) is 9.21. The van der Waals surface area contributed by atoms with Gasteiger partial charge in [-0.05, 0) is 17.7 Å². The van der Waals surface area contributed by atoms with Crippen LogP contribution in [0, 0.1) is 17.5 Å². The van der Waals surface area contributed by atoms with Crippen molar-refractivity contribution in [3.63, 3.8) is 0 Å². The quantitative estimate of drug-likeness (QED) is 0.455. The van der Waals surface area contributed by atoms with E-state index in [1.54, 1.807) is 30.3 Å². The van der Waals surface area contributed by atoms with Crippen LogP contribution in [0.25, 0.3) is 0 Å². The van der Waals surface area contributed by atoms with E-state index in [1.165, 1.54) is 0 Å². The zero-order chi connectivity index (χ0) is 13.1. The molecular weight excluding hydrogens is 246 g/mol. The molecule has 1 nitrogen and oxygen atoms in total. The van der Waals surface area contributed by atoms with Gasteiger partial charge in [-0.3, -0.25) is 0 Å². The third kappa shape index (κ3) is 2.45. The molecule has 18 heavy (non-hydrogen) atoms. The maximum atomic E-state index is 13.7. The van der Waals surface area contributed by atoms with E-state index in [1.807, 2.05) is 0 Å². The van der Waals surface area contributed by atoms with E-state index in [4.69, 9.17) is 0 Å². The minimum atomic E-state index is -1.68. The van der Waals surface area contributed by atoms with Gasteiger partial charge in [0.15, 0.2) is 17.5 Å². The van der Waals surface area contributed by atoms with Gasteiger partial charge in [-0.1, -0.05) is 34.8 Å². The fourth-order valence-corrected chi connectivity index (χ4v) is 1.53. The van der Waals surface area contributed by atoms with E-state index in [0.29, 0.717) is 11.6 Å². The van der Waals surface area contributed by atoms with Crippen LogP contribution in [0.15, 0.2) is 42.5 Å². The number of halogens is 4. The summed E-state index contributed by atoms with van der Waals surface area (Å²) in [6.07, 6.45) is 0. The molecule has 5 heteroatoms. The predicted octanol–water partition coefficient (Wildman–Crippen LogP) is 4.00. The van der Waals surface area contributed by atoms with Crippen LogP contribution >= 0.6 is 0 Å². The summed E-state index contributed by atoms with van der Waals surface area (Å²) in [5, 5.41) is 0.0349. The highest BCUT2D eigenvalue weighted by Crippen LogP contribution is 2.25. The van der Waals surface area contributed by atoms with Crippen LogP contribution < -0.4 is 5.12 Å². The number of hydrogen-bond acceptors (Lipinski definition) is 1. The Bertz CT molecular complexity index is 542. The summed E-state index contributed by atoms with van der Waals surface area (Å²) >= 11 is 0. The van der Waals surface area contributed by atoms with Crippen molar-refractivity contribution in [1.29, 1.82) is 0 Å². The second-order valence-electron chi connectivity index (χ2n) is 3.70. The van der Waals surface area contributed by atoms with Crippen molar-refractivity contribution in [1.82, 2.24) is 0 Å². The molecule has 0 N–H and O–H groups in total. The minimum absolute atomic E-state index is 0.0349. The molecule has 0 unspecified atom stereocenters. The molecule has 94 valence electrons. The maximum absolute atomic E-state index is 13.7. The first-order chi connectivity index (χ1) is 8.59. The lowest BCUT2D eigenvalue weighted by molar-refractivity contribution is 0.400. The molecule has 0 aromatic heterocycles. The lowest BCUT2D eigenvalue weighted by Gasteiger charge is -2.15. The third-order valence-electron chi connectivity index (χ3n) is 2.44. The Morgan fingerprint density at radius 1 is 0.833 bits per heavy atom. The van der Waals surface area contributed by atoms with Crippen molar-refractivity contribution in [3.05, 3.63) is 65.5 Å². The van der Waals surface area contributed by atoms with Gasteiger partial charge in [0, 0.05) is 0 Å². The highest BCUT2D eigenvalue weighted by atomic mass is 19.2. The van der Waals surface area contributed by atoms with Gasteiger partial charge in [0.2, 0.25) is 0 Å².